The van der Waals surface area contributed by atoms with Gasteiger partial charge in [-0.15, -0.1) is 0 Å². The molecule has 0 bridgehead atoms. The molecule has 0 aromatic heterocycles. The molecular weight excluding hydrogens is 340 g/mol. The monoisotopic (exact) mass is 354 g/mol. The average molecular weight is 355 g/mol. The van der Waals surface area contributed by atoms with Gasteiger partial charge in [-0.3, -0.25) is 4.79 Å². The zero-order chi connectivity index (χ0) is 17.3. The van der Waals surface area contributed by atoms with Crippen molar-refractivity contribution in [3.8, 4) is 0 Å². The van der Waals surface area contributed by atoms with E-state index in [9.17, 15) is 17.8 Å². The molecule has 8 heteroatoms. The molecule has 0 heterocycles. The van der Waals surface area contributed by atoms with E-state index >= 15 is 0 Å². The fraction of sp³-hybridized carbons (Fsp3) is 0.133. The van der Waals surface area contributed by atoms with Gasteiger partial charge in [0.2, 0.25) is 0 Å². The second-order valence-electron chi connectivity index (χ2n) is 5.23. The van der Waals surface area contributed by atoms with Gasteiger partial charge in [-0.2, -0.15) is 8.42 Å². The number of rotatable bonds is 4. The molecule has 0 aliphatic carbocycles. The molecule has 0 aliphatic rings. The summed E-state index contributed by atoms with van der Waals surface area (Å²) in [5, 5.41) is 2.96. The van der Waals surface area contributed by atoms with Gasteiger partial charge in [0.05, 0.1) is 24.8 Å². The summed E-state index contributed by atoms with van der Waals surface area (Å²) in [4.78, 5) is 12.5. The molecule has 2 rings (SSSR count). The van der Waals surface area contributed by atoms with Crippen molar-refractivity contribution in [3.63, 3.8) is 0 Å². The first-order valence-corrected chi connectivity index (χ1v) is 8.34. The van der Waals surface area contributed by atoms with Crippen LogP contribution in [0.1, 0.15) is 10.4 Å². The number of quaternary nitrogens is 1. The first-order chi connectivity index (χ1) is 10.6. The Bertz CT molecular complexity index is 850. The number of hydrogen-bond donors (Lipinski definition) is 1. The van der Waals surface area contributed by atoms with Crippen LogP contribution in [0.15, 0.2) is 48.5 Å². The summed E-state index contributed by atoms with van der Waals surface area (Å²) in [5.41, 5.74) is 0.549. The molecule has 6 nitrogen and oxygen atoms in total. The van der Waals surface area contributed by atoms with E-state index in [1.807, 2.05) is 0 Å². The number of carbonyl (C=O) groups excluding carboxylic acids is 1. The van der Waals surface area contributed by atoms with Crippen molar-refractivity contribution in [1.82, 2.24) is 3.89 Å². The second kappa shape index (κ2) is 6.29. The molecule has 0 unspecified atom stereocenters. The first kappa shape index (κ1) is 17.4. The minimum atomic E-state index is -4.71. The van der Waals surface area contributed by atoms with Crippen LogP contribution in [0.5, 0.6) is 0 Å². The van der Waals surface area contributed by atoms with Gasteiger partial charge in [0, 0.05) is 6.07 Å². The lowest BCUT2D eigenvalue weighted by atomic mass is 10.1. The molecule has 0 atom stereocenters. The zero-order valence-electron chi connectivity index (χ0n) is 12.5. The number of para-hydroxylation sites is 2. The van der Waals surface area contributed by atoms with Gasteiger partial charge in [-0.25, -0.2) is 3.89 Å². The maximum absolute atomic E-state index is 12.5. The highest BCUT2D eigenvalue weighted by molar-refractivity contribution is 7.85. The van der Waals surface area contributed by atoms with Crippen molar-refractivity contribution < 1.29 is 17.8 Å². The number of benzene rings is 2. The van der Waals surface area contributed by atoms with Gasteiger partial charge in [0.25, 0.3) is 16.2 Å². The Morgan fingerprint density at radius 2 is 1.65 bits per heavy atom. The van der Waals surface area contributed by atoms with E-state index in [-0.39, 0.29) is 11.3 Å². The van der Waals surface area contributed by atoms with Crippen LogP contribution in [0.25, 0.3) is 0 Å². The number of hydrogen-bond acceptors (Lipinski definition) is 4. The van der Waals surface area contributed by atoms with Crippen LogP contribution in [0.3, 0.4) is 0 Å². The van der Waals surface area contributed by atoms with Crippen LogP contribution in [-0.2, 0) is 10.3 Å². The van der Waals surface area contributed by atoms with Crippen LogP contribution >= 0.6 is 11.6 Å². The third kappa shape index (κ3) is 3.53. The molecular formula is C15H15ClN2O4S. The maximum Gasteiger partial charge on any atom is 0.261 e. The number of amides is 1. The van der Waals surface area contributed by atoms with Crippen LogP contribution in [0.4, 0.5) is 11.4 Å². The Balaban J connectivity index is 2.46. The highest BCUT2D eigenvalue weighted by atomic mass is 35.5. The minimum Gasteiger partial charge on any atom is -0.701 e. The molecule has 0 fully saturated rings. The number of carbonyl (C=O) groups is 1. The van der Waals surface area contributed by atoms with Crippen LogP contribution in [-0.4, -0.2) is 33.0 Å². The Kier molecular flexibility index (Phi) is 4.76. The van der Waals surface area contributed by atoms with Gasteiger partial charge in [-0.1, -0.05) is 35.9 Å². The Morgan fingerprint density at radius 3 is 2.26 bits per heavy atom. The van der Waals surface area contributed by atoms with Crippen molar-refractivity contribution in [2.24, 2.45) is 0 Å². The molecule has 0 saturated carbocycles. The van der Waals surface area contributed by atoms with Crippen LogP contribution in [0, 0.1) is 0 Å². The lowest BCUT2D eigenvalue weighted by Gasteiger charge is -2.31. The fourth-order valence-electron chi connectivity index (χ4n) is 2.01. The highest BCUT2D eigenvalue weighted by Crippen LogP contribution is 2.28. The van der Waals surface area contributed by atoms with Gasteiger partial charge < -0.3 is 9.87 Å². The van der Waals surface area contributed by atoms with E-state index in [0.29, 0.717) is 10.7 Å². The van der Waals surface area contributed by atoms with E-state index in [4.69, 9.17) is 11.6 Å². The van der Waals surface area contributed by atoms with Gasteiger partial charge in [0.1, 0.15) is 5.56 Å². The fourth-order valence-corrected chi connectivity index (χ4v) is 2.59. The largest absolute Gasteiger partial charge is 0.701 e. The quantitative estimate of drug-likeness (QED) is 0.675. The number of nitrogens with one attached hydrogen (secondary N) is 1. The molecule has 1 N–H and O–H groups in total. The van der Waals surface area contributed by atoms with Crippen molar-refractivity contribution >= 4 is 39.2 Å². The number of halogens is 1. The SMILES string of the molecule is C[N+](C)(c1ccccc1C(=O)Nc1ccccc1Cl)S(=O)(=O)[O-]. The highest BCUT2D eigenvalue weighted by Gasteiger charge is 2.31. The molecule has 2 aromatic rings. The summed E-state index contributed by atoms with van der Waals surface area (Å²) in [5.74, 6) is -0.552. The summed E-state index contributed by atoms with van der Waals surface area (Å²) in [6.45, 7) is 0. The molecule has 23 heavy (non-hydrogen) atoms. The van der Waals surface area contributed by atoms with Crippen molar-refractivity contribution in [3.05, 3.63) is 59.1 Å². The molecule has 2 aromatic carbocycles. The zero-order valence-corrected chi connectivity index (χ0v) is 14.1. The maximum atomic E-state index is 12.5. The average Bonchev–Trinajstić information content (AvgIpc) is 2.48. The summed E-state index contributed by atoms with van der Waals surface area (Å²) >= 11 is 5.99. The Morgan fingerprint density at radius 1 is 1.09 bits per heavy atom. The topological polar surface area (TPSA) is 86.3 Å². The molecule has 0 spiro atoms. The smallest absolute Gasteiger partial charge is 0.261 e. The molecule has 0 saturated heterocycles. The standard InChI is InChI=1S/C15H15ClN2O4S/c1-18(2,23(20,21)22)14-10-6-3-7-11(14)15(19)17-13-9-5-4-8-12(13)16/h3-10H,1-2H3,(H-,17,19,20,21,22). The minimum absolute atomic E-state index is 0.0760. The summed E-state index contributed by atoms with van der Waals surface area (Å²) in [6, 6.07) is 12.7. The molecule has 122 valence electrons. The van der Waals surface area contributed by atoms with Gasteiger partial charge in [-0.05, 0) is 18.2 Å². The number of nitrogens with zero attached hydrogens (tertiary/aromatic N) is 1. The molecule has 0 radical (unpaired) electrons. The first-order valence-electron chi connectivity index (χ1n) is 6.60. The van der Waals surface area contributed by atoms with Crippen molar-refractivity contribution in [1.29, 1.82) is 0 Å². The van der Waals surface area contributed by atoms with Gasteiger partial charge in [0.15, 0.2) is 5.69 Å². The second-order valence-corrected chi connectivity index (χ2v) is 7.41. The van der Waals surface area contributed by atoms with E-state index in [2.05, 4.69) is 5.32 Å². The molecule has 0 aliphatic heterocycles. The summed E-state index contributed by atoms with van der Waals surface area (Å²) in [6.07, 6.45) is 0. The van der Waals surface area contributed by atoms with E-state index < -0.39 is 20.1 Å². The molecule has 1 amide bonds. The van der Waals surface area contributed by atoms with Crippen LogP contribution in [0.2, 0.25) is 5.02 Å². The van der Waals surface area contributed by atoms with Gasteiger partial charge >= 0.3 is 0 Å². The summed E-state index contributed by atoms with van der Waals surface area (Å²) in [7, 11) is -2.29. The van der Waals surface area contributed by atoms with E-state index in [1.165, 1.54) is 26.2 Å². The normalized spacial score (nSPS) is 12.0. The van der Waals surface area contributed by atoms with Crippen molar-refractivity contribution in [2.75, 3.05) is 19.4 Å². The number of anilines is 1. The Labute approximate surface area is 139 Å². The predicted molar refractivity (Wildman–Crippen MR) is 89.2 cm³/mol. The van der Waals surface area contributed by atoms with Crippen LogP contribution < -0.4 is 9.21 Å². The predicted octanol–water partition coefficient (Wildman–Crippen LogP) is 2.62. The third-order valence-electron chi connectivity index (χ3n) is 3.41. The third-order valence-corrected chi connectivity index (χ3v) is 5.05. The lowest BCUT2D eigenvalue weighted by molar-refractivity contribution is 0.102. The Hall–Kier alpha value is -1.93. The van der Waals surface area contributed by atoms with Crippen molar-refractivity contribution in [2.45, 2.75) is 0 Å². The van der Waals surface area contributed by atoms with E-state index in [0.717, 1.165) is 0 Å². The summed E-state index contributed by atoms with van der Waals surface area (Å²) < 4.78 is 33.5. The van der Waals surface area contributed by atoms with E-state index in [1.54, 1.807) is 36.4 Å². The lowest BCUT2D eigenvalue weighted by Crippen LogP contribution is -2.47.